The number of hydrogen-bond acceptors (Lipinski definition) is 5. The van der Waals surface area contributed by atoms with E-state index in [1.807, 2.05) is 18.2 Å². The van der Waals surface area contributed by atoms with Crippen LogP contribution >= 0.6 is 23.2 Å². The Morgan fingerprint density at radius 2 is 1.86 bits per heavy atom. The minimum atomic E-state index is 0.259. The van der Waals surface area contributed by atoms with E-state index in [9.17, 15) is 0 Å². The summed E-state index contributed by atoms with van der Waals surface area (Å²) in [6, 6.07) is 10.8. The van der Waals surface area contributed by atoms with Crippen LogP contribution in [0.2, 0.25) is 10.0 Å². The number of halogens is 2. The minimum absolute atomic E-state index is 0.259. The highest BCUT2D eigenvalue weighted by atomic mass is 35.5. The molecular weight excluding hydrogens is 323 g/mol. The second kappa shape index (κ2) is 6.21. The van der Waals surface area contributed by atoms with Crippen LogP contribution in [-0.2, 0) is 6.54 Å². The van der Waals surface area contributed by atoms with Gasteiger partial charge >= 0.3 is 0 Å². The molecule has 2 aromatic heterocycles. The van der Waals surface area contributed by atoms with Crippen molar-refractivity contribution in [1.82, 2.24) is 19.7 Å². The molecule has 0 saturated carbocycles. The van der Waals surface area contributed by atoms with Crippen molar-refractivity contribution in [2.75, 3.05) is 11.1 Å². The Morgan fingerprint density at radius 1 is 1.09 bits per heavy atom. The second-order valence-corrected chi connectivity index (χ2v) is 5.31. The molecule has 0 aliphatic rings. The fourth-order valence-electron chi connectivity index (χ4n) is 1.91. The fraction of sp³-hybridized carbons (Fsp3) is 0.0714. The quantitative estimate of drug-likeness (QED) is 0.764. The van der Waals surface area contributed by atoms with Gasteiger partial charge in [-0.15, -0.1) is 5.10 Å². The Kier molecular flexibility index (Phi) is 4.13. The van der Waals surface area contributed by atoms with Crippen molar-refractivity contribution in [3.8, 4) is 0 Å². The molecule has 3 rings (SSSR count). The number of nitrogen functional groups attached to an aromatic ring is 1. The average Bonchev–Trinajstić information content (AvgIpc) is 2.84. The fourth-order valence-corrected chi connectivity index (χ4v) is 2.42. The number of nitrogens with one attached hydrogen (secondary N) is 1. The molecule has 0 unspecified atom stereocenters. The molecule has 22 heavy (non-hydrogen) atoms. The van der Waals surface area contributed by atoms with Crippen LogP contribution in [0.15, 0.2) is 42.6 Å². The van der Waals surface area contributed by atoms with Crippen LogP contribution in [0.3, 0.4) is 0 Å². The molecular formula is C14H12Cl2N6. The maximum atomic E-state index is 6.16. The van der Waals surface area contributed by atoms with Crippen LogP contribution in [-0.4, -0.2) is 19.7 Å². The minimum Gasteiger partial charge on any atom is -0.368 e. The summed E-state index contributed by atoms with van der Waals surface area (Å²) < 4.78 is 1.53. The van der Waals surface area contributed by atoms with Gasteiger partial charge in [-0.3, -0.25) is 0 Å². The lowest BCUT2D eigenvalue weighted by atomic mass is 10.2. The highest BCUT2D eigenvalue weighted by molar-refractivity contribution is 6.35. The van der Waals surface area contributed by atoms with E-state index in [1.165, 1.54) is 4.68 Å². The van der Waals surface area contributed by atoms with Crippen LogP contribution in [0.4, 0.5) is 17.7 Å². The van der Waals surface area contributed by atoms with Gasteiger partial charge in [-0.1, -0.05) is 35.3 Å². The Hall–Kier alpha value is -2.31. The highest BCUT2D eigenvalue weighted by Crippen LogP contribution is 2.25. The zero-order valence-corrected chi connectivity index (χ0v) is 12.9. The summed E-state index contributed by atoms with van der Waals surface area (Å²) in [5.41, 5.74) is 6.63. The second-order valence-electron chi connectivity index (χ2n) is 4.49. The summed E-state index contributed by atoms with van der Waals surface area (Å²) in [5.74, 6) is 1.25. The van der Waals surface area contributed by atoms with Crippen LogP contribution in [0.1, 0.15) is 5.56 Å². The van der Waals surface area contributed by atoms with Gasteiger partial charge in [0.15, 0.2) is 0 Å². The number of anilines is 3. The van der Waals surface area contributed by atoms with Crippen molar-refractivity contribution in [2.24, 2.45) is 0 Å². The summed E-state index contributed by atoms with van der Waals surface area (Å²) in [6.45, 7) is 0.335. The van der Waals surface area contributed by atoms with Crippen molar-refractivity contribution >= 4 is 40.9 Å². The van der Waals surface area contributed by atoms with Gasteiger partial charge in [0.25, 0.3) is 0 Å². The van der Waals surface area contributed by atoms with Crippen molar-refractivity contribution in [3.63, 3.8) is 0 Å². The SMILES string of the molecule is Nc1nc(Nc2ccccn2)nn1Cc1c(Cl)cccc1Cl. The predicted octanol–water partition coefficient (Wildman–Crippen LogP) is 3.35. The smallest absolute Gasteiger partial charge is 0.249 e. The van der Waals surface area contributed by atoms with E-state index in [0.29, 0.717) is 28.4 Å². The molecule has 0 amide bonds. The van der Waals surface area contributed by atoms with E-state index >= 15 is 0 Å². The van der Waals surface area contributed by atoms with Crippen molar-refractivity contribution in [2.45, 2.75) is 6.54 Å². The van der Waals surface area contributed by atoms with E-state index in [4.69, 9.17) is 28.9 Å². The summed E-state index contributed by atoms with van der Waals surface area (Å²) in [5, 5.41) is 8.39. The molecule has 2 heterocycles. The molecule has 8 heteroatoms. The van der Waals surface area contributed by atoms with Gasteiger partial charge in [0, 0.05) is 21.8 Å². The first kappa shape index (κ1) is 14.6. The lowest BCUT2D eigenvalue weighted by Crippen LogP contribution is -2.07. The molecule has 0 spiro atoms. The van der Waals surface area contributed by atoms with Gasteiger partial charge in [0.05, 0.1) is 6.54 Å². The van der Waals surface area contributed by atoms with E-state index < -0.39 is 0 Å². The third kappa shape index (κ3) is 3.13. The van der Waals surface area contributed by atoms with Gasteiger partial charge < -0.3 is 11.1 Å². The molecule has 6 nitrogen and oxygen atoms in total. The average molecular weight is 335 g/mol. The van der Waals surface area contributed by atoms with Gasteiger partial charge in [0.1, 0.15) is 5.82 Å². The maximum Gasteiger partial charge on any atom is 0.249 e. The first-order chi connectivity index (χ1) is 10.6. The van der Waals surface area contributed by atoms with E-state index in [2.05, 4.69) is 20.4 Å². The summed E-state index contributed by atoms with van der Waals surface area (Å²) >= 11 is 12.3. The molecule has 0 radical (unpaired) electrons. The lowest BCUT2D eigenvalue weighted by molar-refractivity contribution is 0.699. The molecule has 0 atom stereocenters. The molecule has 0 fully saturated rings. The molecule has 3 N–H and O–H groups in total. The normalized spacial score (nSPS) is 10.6. The van der Waals surface area contributed by atoms with Crippen molar-refractivity contribution in [1.29, 1.82) is 0 Å². The van der Waals surface area contributed by atoms with E-state index in [0.717, 1.165) is 5.56 Å². The van der Waals surface area contributed by atoms with Gasteiger partial charge in [-0.2, -0.15) is 4.98 Å². The maximum absolute atomic E-state index is 6.16. The van der Waals surface area contributed by atoms with Gasteiger partial charge in [0.2, 0.25) is 11.9 Å². The molecule has 112 valence electrons. The zero-order chi connectivity index (χ0) is 15.5. The Balaban J connectivity index is 1.84. The molecule has 3 aromatic rings. The summed E-state index contributed by atoms with van der Waals surface area (Å²) in [6.07, 6.45) is 1.67. The molecule has 0 saturated heterocycles. The zero-order valence-electron chi connectivity index (χ0n) is 11.4. The third-order valence-electron chi connectivity index (χ3n) is 2.97. The van der Waals surface area contributed by atoms with E-state index in [-0.39, 0.29) is 5.95 Å². The van der Waals surface area contributed by atoms with Crippen LogP contribution in [0, 0.1) is 0 Å². The first-order valence-electron chi connectivity index (χ1n) is 6.45. The molecule has 1 aromatic carbocycles. The van der Waals surface area contributed by atoms with Crippen LogP contribution in [0.25, 0.3) is 0 Å². The summed E-state index contributed by atoms with van der Waals surface area (Å²) in [7, 11) is 0. The Labute approximate surface area is 136 Å². The number of rotatable bonds is 4. The number of hydrogen-bond donors (Lipinski definition) is 2. The van der Waals surface area contributed by atoms with E-state index in [1.54, 1.807) is 24.4 Å². The van der Waals surface area contributed by atoms with Crippen molar-refractivity contribution in [3.05, 3.63) is 58.2 Å². The Morgan fingerprint density at radius 3 is 2.55 bits per heavy atom. The van der Waals surface area contributed by atoms with Crippen LogP contribution in [0.5, 0.6) is 0 Å². The van der Waals surface area contributed by atoms with Gasteiger partial charge in [-0.25, -0.2) is 9.67 Å². The van der Waals surface area contributed by atoms with Crippen LogP contribution < -0.4 is 11.1 Å². The molecule has 0 bridgehead atoms. The number of nitrogens with zero attached hydrogens (tertiary/aromatic N) is 4. The standard InChI is InChI=1S/C14H12Cl2N6/c15-10-4-3-5-11(16)9(10)8-22-13(17)20-14(21-22)19-12-6-1-2-7-18-12/h1-7H,8H2,(H3,17,18,19,20,21). The monoisotopic (exact) mass is 334 g/mol. The predicted molar refractivity (Wildman–Crippen MR) is 87.5 cm³/mol. The molecule has 0 aliphatic carbocycles. The topological polar surface area (TPSA) is 81.7 Å². The summed E-state index contributed by atoms with van der Waals surface area (Å²) in [4.78, 5) is 8.30. The number of pyridine rings is 1. The first-order valence-corrected chi connectivity index (χ1v) is 7.20. The molecule has 0 aliphatic heterocycles. The number of benzene rings is 1. The highest BCUT2D eigenvalue weighted by Gasteiger charge is 2.12. The van der Waals surface area contributed by atoms with Gasteiger partial charge in [-0.05, 0) is 24.3 Å². The number of aromatic nitrogens is 4. The Bertz CT molecular complexity index is 767. The number of nitrogens with two attached hydrogens (primary N) is 1. The lowest BCUT2D eigenvalue weighted by Gasteiger charge is -2.07. The third-order valence-corrected chi connectivity index (χ3v) is 3.68. The largest absolute Gasteiger partial charge is 0.368 e. The van der Waals surface area contributed by atoms with Crippen molar-refractivity contribution < 1.29 is 0 Å².